The first-order valence-electron chi connectivity index (χ1n) is 8.59. The Kier molecular flexibility index (Phi) is 5.59. The Labute approximate surface area is 169 Å². The second-order valence-electron chi connectivity index (χ2n) is 6.19. The molecule has 0 unspecified atom stereocenters. The zero-order chi connectivity index (χ0) is 21.8. The number of carbonyl (C=O) groups excluding carboxylic acids is 2. The number of carbonyl (C=O) groups is 2. The van der Waals surface area contributed by atoms with Gasteiger partial charge >= 0.3 is 0 Å². The van der Waals surface area contributed by atoms with Gasteiger partial charge in [0.25, 0.3) is 23.2 Å². The van der Waals surface area contributed by atoms with Gasteiger partial charge in [0.2, 0.25) is 0 Å². The van der Waals surface area contributed by atoms with Crippen LogP contribution in [0.3, 0.4) is 0 Å². The number of anilines is 1. The minimum absolute atomic E-state index is 0.110. The molecule has 0 N–H and O–H groups in total. The van der Waals surface area contributed by atoms with E-state index in [0.29, 0.717) is 10.5 Å². The van der Waals surface area contributed by atoms with Crippen LogP contribution in [0.5, 0.6) is 0 Å². The van der Waals surface area contributed by atoms with E-state index in [1.807, 2.05) is 0 Å². The number of aromatic nitrogens is 1. The van der Waals surface area contributed by atoms with Gasteiger partial charge < -0.3 is 0 Å². The van der Waals surface area contributed by atoms with Gasteiger partial charge in [-0.15, -0.1) is 0 Å². The summed E-state index contributed by atoms with van der Waals surface area (Å²) in [6.07, 6.45) is 1.36. The van der Waals surface area contributed by atoms with Gasteiger partial charge in [-0.05, 0) is 36.8 Å². The van der Waals surface area contributed by atoms with E-state index in [4.69, 9.17) is 0 Å². The van der Waals surface area contributed by atoms with Gasteiger partial charge in [0.05, 0.1) is 9.85 Å². The molecule has 3 aromatic rings. The van der Waals surface area contributed by atoms with Crippen LogP contribution in [0.25, 0.3) is 0 Å². The van der Waals surface area contributed by atoms with Crippen molar-refractivity contribution in [3.63, 3.8) is 0 Å². The number of imide groups is 1. The fourth-order valence-corrected chi connectivity index (χ4v) is 2.81. The molecular weight excluding hydrogens is 392 g/mol. The lowest BCUT2D eigenvalue weighted by Gasteiger charge is -2.20. The van der Waals surface area contributed by atoms with Crippen LogP contribution in [0.2, 0.25) is 0 Å². The number of aryl methyl sites for hydroxylation is 1. The van der Waals surface area contributed by atoms with Crippen molar-refractivity contribution in [1.82, 2.24) is 4.98 Å². The lowest BCUT2D eigenvalue weighted by atomic mass is 10.1. The largest absolute Gasteiger partial charge is 0.282 e. The van der Waals surface area contributed by atoms with Crippen molar-refractivity contribution in [3.8, 4) is 0 Å². The maximum atomic E-state index is 13.3. The number of nitro groups is 2. The molecule has 0 aliphatic carbocycles. The topological polar surface area (TPSA) is 137 Å². The minimum atomic E-state index is -1.02. The zero-order valence-electron chi connectivity index (χ0n) is 15.6. The van der Waals surface area contributed by atoms with E-state index >= 15 is 0 Å². The molecule has 150 valence electrons. The molecule has 0 fully saturated rings. The fourth-order valence-electron chi connectivity index (χ4n) is 2.81. The molecule has 0 aliphatic rings. The predicted molar refractivity (Wildman–Crippen MR) is 106 cm³/mol. The monoisotopic (exact) mass is 406 g/mol. The van der Waals surface area contributed by atoms with Gasteiger partial charge in [0, 0.05) is 18.3 Å². The minimum Gasteiger partial charge on any atom is -0.268 e. The van der Waals surface area contributed by atoms with Crippen LogP contribution in [0.15, 0.2) is 66.9 Å². The molecule has 0 radical (unpaired) electrons. The van der Waals surface area contributed by atoms with Crippen molar-refractivity contribution in [1.29, 1.82) is 0 Å². The first-order valence-corrected chi connectivity index (χ1v) is 8.59. The zero-order valence-corrected chi connectivity index (χ0v) is 15.6. The highest BCUT2D eigenvalue weighted by molar-refractivity contribution is 6.27. The van der Waals surface area contributed by atoms with Crippen LogP contribution in [0.4, 0.5) is 17.2 Å². The molecule has 10 nitrogen and oxygen atoms in total. The third-order valence-electron chi connectivity index (χ3n) is 4.20. The molecule has 1 heterocycles. The summed E-state index contributed by atoms with van der Waals surface area (Å²) in [7, 11) is 0. The SMILES string of the molecule is Cc1ccnc(N(C(=O)c2ccccc2[N+](=O)[O-])C(=O)c2ccccc2[N+](=O)[O-])c1. The maximum Gasteiger partial charge on any atom is 0.282 e. The fraction of sp³-hybridized carbons (Fsp3) is 0.0500. The number of benzene rings is 2. The summed E-state index contributed by atoms with van der Waals surface area (Å²) in [4.78, 5) is 52.4. The van der Waals surface area contributed by atoms with E-state index in [-0.39, 0.29) is 16.9 Å². The predicted octanol–water partition coefficient (Wildman–Crippen LogP) is 3.69. The number of hydrogen-bond acceptors (Lipinski definition) is 7. The van der Waals surface area contributed by atoms with Gasteiger partial charge in [-0.1, -0.05) is 24.3 Å². The summed E-state index contributed by atoms with van der Waals surface area (Å²) in [5.74, 6) is -2.16. The van der Waals surface area contributed by atoms with Crippen LogP contribution in [0, 0.1) is 27.2 Å². The Morgan fingerprint density at radius 3 is 1.73 bits per heavy atom. The third-order valence-corrected chi connectivity index (χ3v) is 4.20. The van der Waals surface area contributed by atoms with Crippen LogP contribution < -0.4 is 4.90 Å². The highest BCUT2D eigenvalue weighted by Crippen LogP contribution is 2.27. The quantitative estimate of drug-likeness (QED) is 0.358. The van der Waals surface area contributed by atoms with Crippen molar-refractivity contribution in [3.05, 3.63) is 104 Å². The van der Waals surface area contributed by atoms with Crippen molar-refractivity contribution in [2.24, 2.45) is 0 Å². The van der Waals surface area contributed by atoms with Crippen molar-refractivity contribution in [2.45, 2.75) is 6.92 Å². The maximum absolute atomic E-state index is 13.3. The Hall–Kier alpha value is -4.47. The number of nitrogens with zero attached hydrogens (tertiary/aromatic N) is 4. The smallest absolute Gasteiger partial charge is 0.268 e. The first-order chi connectivity index (χ1) is 14.3. The van der Waals surface area contributed by atoms with Crippen LogP contribution in [-0.2, 0) is 0 Å². The number of para-hydroxylation sites is 2. The number of hydrogen-bond donors (Lipinski definition) is 0. The van der Waals surface area contributed by atoms with Crippen molar-refractivity contribution >= 4 is 29.0 Å². The normalized spacial score (nSPS) is 10.3. The summed E-state index contributed by atoms with van der Waals surface area (Å²) in [5.41, 5.74) is -1.04. The number of pyridine rings is 1. The van der Waals surface area contributed by atoms with Gasteiger partial charge in [-0.2, -0.15) is 0 Å². The van der Waals surface area contributed by atoms with E-state index < -0.39 is 33.0 Å². The second kappa shape index (κ2) is 8.27. The lowest BCUT2D eigenvalue weighted by Crippen LogP contribution is -2.38. The average Bonchev–Trinajstić information content (AvgIpc) is 2.73. The van der Waals surface area contributed by atoms with Crippen molar-refractivity contribution < 1.29 is 19.4 Å². The lowest BCUT2D eigenvalue weighted by molar-refractivity contribution is -0.385. The second-order valence-corrected chi connectivity index (χ2v) is 6.19. The molecule has 0 saturated heterocycles. The number of nitro benzene ring substituents is 2. The molecule has 0 aliphatic heterocycles. The Morgan fingerprint density at radius 1 is 0.833 bits per heavy atom. The molecule has 0 bridgehead atoms. The van der Waals surface area contributed by atoms with E-state index in [9.17, 15) is 29.8 Å². The van der Waals surface area contributed by atoms with E-state index in [1.165, 1.54) is 48.7 Å². The molecule has 0 atom stereocenters. The summed E-state index contributed by atoms with van der Waals surface area (Å²) in [6.45, 7) is 1.70. The van der Waals surface area contributed by atoms with Crippen LogP contribution in [-0.4, -0.2) is 26.6 Å². The summed E-state index contributed by atoms with van der Waals surface area (Å²) < 4.78 is 0. The third kappa shape index (κ3) is 3.87. The highest BCUT2D eigenvalue weighted by atomic mass is 16.6. The van der Waals surface area contributed by atoms with Gasteiger partial charge in [0.15, 0.2) is 0 Å². The van der Waals surface area contributed by atoms with Gasteiger partial charge in [0.1, 0.15) is 16.9 Å². The molecule has 10 heteroatoms. The summed E-state index contributed by atoms with van der Waals surface area (Å²) >= 11 is 0. The highest BCUT2D eigenvalue weighted by Gasteiger charge is 2.34. The van der Waals surface area contributed by atoms with E-state index in [0.717, 1.165) is 12.1 Å². The van der Waals surface area contributed by atoms with Crippen LogP contribution in [0.1, 0.15) is 26.3 Å². The van der Waals surface area contributed by atoms with Crippen LogP contribution >= 0.6 is 0 Å². The molecule has 1 aromatic heterocycles. The Balaban J connectivity index is 2.21. The number of rotatable bonds is 5. The van der Waals surface area contributed by atoms with Gasteiger partial charge in [-0.25, -0.2) is 9.88 Å². The molecular formula is C20H14N4O6. The molecule has 0 spiro atoms. The molecule has 0 saturated carbocycles. The first kappa shape index (κ1) is 20.3. The summed E-state index contributed by atoms with van der Waals surface area (Å²) in [6, 6.07) is 13.3. The molecule has 2 amide bonds. The molecule has 30 heavy (non-hydrogen) atoms. The Bertz CT molecular complexity index is 1110. The molecule has 2 aromatic carbocycles. The Morgan fingerprint density at radius 2 is 1.30 bits per heavy atom. The average molecular weight is 406 g/mol. The molecule has 3 rings (SSSR count). The van der Waals surface area contributed by atoms with Crippen molar-refractivity contribution in [2.75, 3.05) is 4.90 Å². The van der Waals surface area contributed by atoms with E-state index in [2.05, 4.69) is 4.98 Å². The standard InChI is InChI=1S/C20H14N4O6/c1-13-10-11-21-18(12-13)22(19(25)14-6-2-4-8-16(14)23(27)28)20(26)15-7-3-5-9-17(15)24(29)30/h2-12H,1H3. The van der Waals surface area contributed by atoms with Gasteiger partial charge in [-0.3, -0.25) is 29.8 Å². The summed E-state index contributed by atoms with van der Waals surface area (Å²) in [5, 5.41) is 22.7. The number of amides is 2. The van der Waals surface area contributed by atoms with E-state index in [1.54, 1.807) is 13.0 Å².